The van der Waals surface area contributed by atoms with Gasteiger partial charge in [0.05, 0.1) is 5.69 Å². The highest BCUT2D eigenvalue weighted by atomic mass is 32.2. The maximum atomic E-state index is 12.5. The summed E-state index contributed by atoms with van der Waals surface area (Å²) in [6.07, 6.45) is 0.347. The molecule has 0 aliphatic heterocycles. The molecule has 1 aromatic carbocycles. The van der Waals surface area contributed by atoms with Gasteiger partial charge in [0.1, 0.15) is 0 Å². The lowest BCUT2D eigenvalue weighted by atomic mass is 10.0. The highest BCUT2D eigenvalue weighted by Gasteiger charge is 2.29. The fraction of sp³-hybridized carbons (Fsp3) is 0.214. The van der Waals surface area contributed by atoms with E-state index in [0.29, 0.717) is 40.1 Å². The quantitative estimate of drug-likeness (QED) is 0.732. The van der Waals surface area contributed by atoms with Gasteiger partial charge in [0, 0.05) is 22.6 Å². The van der Waals surface area contributed by atoms with Crippen LogP contribution in [0.5, 0.6) is 0 Å². The largest absolute Gasteiger partial charge is 0.446 e. The molecule has 2 aromatic heterocycles. The van der Waals surface area contributed by atoms with Crippen molar-refractivity contribution in [2.24, 2.45) is 0 Å². The molecule has 2 heterocycles. The van der Waals surface area contributed by atoms with Gasteiger partial charge in [-0.05, 0) is 46.7 Å². The first-order valence-electron chi connectivity index (χ1n) is 6.55. The van der Waals surface area contributed by atoms with Gasteiger partial charge >= 0.3 is 5.51 Å². The number of benzene rings is 1. The van der Waals surface area contributed by atoms with Crippen molar-refractivity contribution in [3.8, 4) is 0 Å². The first-order valence-corrected chi connectivity index (χ1v) is 7.37. The van der Waals surface area contributed by atoms with Gasteiger partial charge < -0.3 is 5.73 Å². The van der Waals surface area contributed by atoms with Crippen molar-refractivity contribution in [1.29, 1.82) is 0 Å². The Kier molecular flexibility index (Phi) is 3.88. The van der Waals surface area contributed by atoms with E-state index in [1.165, 1.54) is 12.1 Å². The lowest BCUT2D eigenvalue weighted by molar-refractivity contribution is -0.0328. The average Bonchev–Trinajstić information content (AvgIpc) is 2.90. The summed E-state index contributed by atoms with van der Waals surface area (Å²) in [7, 11) is 0. The van der Waals surface area contributed by atoms with Gasteiger partial charge in [0.25, 0.3) is 0 Å². The fourth-order valence-corrected chi connectivity index (χ4v) is 2.90. The fourth-order valence-electron chi connectivity index (χ4n) is 2.27. The number of aromatic nitrogens is 3. The van der Waals surface area contributed by atoms with Crippen LogP contribution in [0.1, 0.15) is 16.8 Å². The van der Waals surface area contributed by atoms with Crippen molar-refractivity contribution < 1.29 is 17.8 Å². The predicted octanol–water partition coefficient (Wildman–Crippen LogP) is 3.71. The highest BCUT2D eigenvalue weighted by Crippen LogP contribution is 2.37. The molecule has 0 amide bonds. The van der Waals surface area contributed by atoms with Gasteiger partial charge in [-0.1, -0.05) is 12.1 Å². The van der Waals surface area contributed by atoms with E-state index in [9.17, 15) is 13.2 Å². The van der Waals surface area contributed by atoms with Gasteiger partial charge in [-0.25, -0.2) is 9.61 Å². The number of aryl methyl sites for hydroxylation is 1. The predicted molar refractivity (Wildman–Crippen MR) is 79.9 cm³/mol. The molecule has 23 heavy (non-hydrogen) atoms. The Morgan fingerprint density at radius 1 is 1.26 bits per heavy atom. The van der Waals surface area contributed by atoms with E-state index < -0.39 is 5.51 Å². The molecule has 0 atom stereocenters. The number of thioether (sulfide) groups is 1. The smallest absolute Gasteiger partial charge is 0.396 e. The normalized spacial score (nSPS) is 12.0. The van der Waals surface area contributed by atoms with Crippen LogP contribution in [-0.4, -0.2) is 20.8 Å². The molecule has 0 aliphatic rings. The van der Waals surface area contributed by atoms with Crippen LogP contribution in [0.15, 0.2) is 33.8 Å². The number of hydrogen-bond donors (Lipinski definition) is 1. The molecule has 0 saturated heterocycles. The van der Waals surface area contributed by atoms with Crippen LogP contribution in [0.25, 0.3) is 11.2 Å². The minimum Gasteiger partial charge on any atom is -0.396 e. The standard InChI is InChI=1S/C14H11F3N4OS/c1-7-10(11(18)12-13(19-7)21-22-20-12)6-8-3-2-4-9(5-8)23-14(15,16)17/h2-5H,6,18H2,1H3. The summed E-state index contributed by atoms with van der Waals surface area (Å²) in [6, 6.07) is 6.23. The summed E-state index contributed by atoms with van der Waals surface area (Å²) in [5, 5.41) is 7.34. The SMILES string of the molecule is Cc1nc2nonc2c(N)c1Cc1cccc(SC(F)(F)F)c1. The van der Waals surface area contributed by atoms with Crippen LogP contribution in [-0.2, 0) is 6.42 Å². The van der Waals surface area contributed by atoms with Crippen LogP contribution < -0.4 is 5.73 Å². The Morgan fingerprint density at radius 2 is 2.04 bits per heavy atom. The van der Waals surface area contributed by atoms with Crippen LogP contribution in [0.4, 0.5) is 18.9 Å². The van der Waals surface area contributed by atoms with E-state index in [-0.39, 0.29) is 16.7 Å². The topological polar surface area (TPSA) is 77.8 Å². The third-order valence-electron chi connectivity index (χ3n) is 3.27. The zero-order valence-corrected chi connectivity index (χ0v) is 12.7. The molecule has 0 unspecified atom stereocenters. The minimum atomic E-state index is -4.32. The molecule has 120 valence electrons. The van der Waals surface area contributed by atoms with Crippen molar-refractivity contribution in [2.45, 2.75) is 23.7 Å². The first-order chi connectivity index (χ1) is 10.8. The third kappa shape index (κ3) is 3.39. The van der Waals surface area contributed by atoms with Gasteiger partial charge in [0.2, 0.25) is 5.65 Å². The lowest BCUT2D eigenvalue weighted by Crippen LogP contribution is -2.03. The number of alkyl halides is 3. The Balaban J connectivity index is 1.94. The van der Waals surface area contributed by atoms with Crippen molar-refractivity contribution in [1.82, 2.24) is 15.3 Å². The number of fused-ring (bicyclic) bond motifs is 1. The van der Waals surface area contributed by atoms with Crippen molar-refractivity contribution >= 4 is 28.6 Å². The second-order valence-electron chi connectivity index (χ2n) is 4.90. The summed E-state index contributed by atoms with van der Waals surface area (Å²) >= 11 is -0.146. The van der Waals surface area contributed by atoms with Gasteiger partial charge in [-0.15, -0.1) is 0 Å². The molecule has 0 radical (unpaired) electrons. The second-order valence-corrected chi connectivity index (χ2v) is 6.04. The number of rotatable bonds is 3. The number of anilines is 1. The maximum absolute atomic E-state index is 12.5. The molecule has 5 nitrogen and oxygen atoms in total. The molecule has 0 fully saturated rings. The van der Waals surface area contributed by atoms with Gasteiger partial charge in [-0.2, -0.15) is 13.2 Å². The first kappa shape index (κ1) is 15.6. The highest BCUT2D eigenvalue weighted by molar-refractivity contribution is 8.00. The van der Waals surface area contributed by atoms with Crippen molar-refractivity contribution in [3.05, 3.63) is 41.1 Å². The van der Waals surface area contributed by atoms with E-state index in [1.807, 2.05) is 0 Å². The zero-order valence-electron chi connectivity index (χ0n) is 11.9. The van der Waals surface area contributed by atoms with E-state index in [4.69, 9.17) is 5.73 Å². The lowest BCUT2D eigenvalue weighted by Gasteiger charge is -2.10. The summed E-state index contributed by atoms with van der Waals surface area (Å²) in [5.41, 5.74) is 4.82. The van der Waals surface area contributed by atoms with Crippen LogP contribution >= 0.6 is 11.8 Å². The number of hydrogen-bond acceptors (Lipinski definition) is 6. The van der Waals surface area contributed by atoms with E-state index in [0.717, 1.165) is 0 Å². The van der Waals surface area contributed by atoms with E-state index in [1.54, 1.807) is 19.1 Å². The molecule has 9 heteroatoms. The van der Waals surface area contributed by atoms with Crippen LogP contribution in [0, 0.1) is 6.92 Å². The number of nitrogen functional groups attached to an aromatic ring is 1. The molecule has 2 N–H and O–H groups in total. The average molecular weight is 340 g/mol. The van der Waals surface area contributed by atoms with Crippen molar-refractivity contribution in [3.63, 3.8) is 0 Å². The number of nitrogens with zero attached hydrogens (tertiary/aromatic N) is 3. The van der Waals surface area contributed by atoms with Gasteiger partial charge in [0.15, 0.2) is 5.52 Å². The Bertz CT molecular complexity index is 863. The number of pyridine rings is 1. The number of nitrogens with two attached hydrogens (primary N) is 1. The molecule has 3 aromatic rings. The summed E-state index contributed by atoms with van der Waals surface area (Å²) in [5.74, 6) is 0. The molecular formula is C14H11F3N4OS. The molecule has 0 spiro atoms. The van der Waals surface area contributed by atoms with Gasteiger partial charge in [-0.3, -0.25) is 0 Å². The van der Waals surface area contributed by atoms with Crippen LogP contribution in [0.2, 0.25) is 0 Å². The monoisotopic (exact) mass is 340 g/mol. The van der Waals surface area contributed by atoms with Crippen molar-refractivity contribution in [2.75, 3.05) is 5.73 Å². The Labute approximate surface area is 133 Å². The molecule has 0 aliphatic carbocycles. The zero-order chi connectivity index (χ0) is 16.6. The minimum absolute atomic E-state index is 0.128. The Hall–Kier alpha value is -2.29. The maximum Gasteiger partial charge on any atom is 0.446 e. The summed E-state index contributed by atoms with van der Waals surface area (Å²) in [4.78, 5) is 4.37. The second kappa shape index (κ2) is 5.73. The summed E-state index contributed by atoms with van der Waals surface area (Å²) < 4.78 is 42.0. The van der Waals surface area contributed by atoms with E-state index in [2.05, 4.69) is 19.9 Å². The van der Waals surface area contributed by atoms with E-state index >= 15 is 0 Å². The molecule has 0 bridgehead atoms. The number of halogens is 3. The summed E-state index contributed by atoms with van der Waals surface area (Å²) in [6.45, 7) is 1.76. The molecular weight excluding hydrogens is 329 g/mol. The Morgan fingerprint density at radius 3 is 2.78 bits per heavy atom. The van der Waals surface area contributed by atoms with Crippen LogP contribution in [0.3, 0.4) is 0 Å². The molecule has 3 rings (SSSR count). The third-order valence-corrected chi connectivity index (χ3v) is 4.00. The molecule has 0 saturated carbocycles.